The number of aliphatic imine (C=N–C) groups is 1. The van der Waals surface area contributed by atoms with Crippen LogP contribution in [0.5, 0.6) is 0 Å². The lowest BCUT2D eigenvalue weighted by Gasteiger charge is -2.17. The van der Waals surface area contributed by atoms with E-state index in [-0.39, 0.29) is 5.69 Å². The molecule has 0 saturated heterocycles. The number of non-ortho nitro benzene ring substituents is 1. The smallest absolute Gasteiger partial charge is 0.269 e. The van der Waals surface area contributed by atoms with Crippen LogP contribution >= 0.6 is 0 Å². The van der Waals surface area contributed by atoms with Crippen LogP contribution in [0, 0.1) is 21.6 Å². The molecule has 0 N–H and O–H groups in total. The summed E-state index contributed by atoms with van der Waals surface area (Å²) in [5, 5.41) is 19.0. The zero-order valence-electron chi connectivity index (χ0n) is 9.62. The van der Waals surface area contributed by atoms with Crippen LogP contribution in [0.1, 0.15) is 12.5 Å². The van der Waals surface area contributed by atoms with E-state index < -0.39 is 4.92 Å². The zero-order chi connectivity index (χ0) is 12.8. The lowest BCUT2D eigenvalue weighted by Crippen LogP contribution is -2.23. The van der Waals surface area contributed by atoms with Crippen molar-refractivity contribution < 1.29 is 4.92 Å². The Balaban J connectivity index is 2.82. The highest BCUT2D eigenvalue weighted by molar-refractivity contribution is 5.80. The Labute approximate surface area is 99.0 Å². The van der Waals surface area contributed by atoms with Crippen molar-refractivity contribution in [1.29, 1.82) is 5.26 Å². The summed E-state index contributed by atoms with van der Waals surface area (Å²) in [4.78, 5) is 15.5. The third-order valence-corrected chi connectivity index (χ3v) is 2.31. The minimum absolute atomic E-state index is 0.0609. The fourth-order valence-electron chi connectivity index (χ4n) is 1.31. The first kappa shape index (κ1) is 12.6. The molecule has 0 fully saturated rings. The molecule has 6 nitrogen and oxygen atoms in total. The SMILES string of the molecule is CC(=NC#N)N(C)Cc1cccc([N+](=O)[O-])c1. The minimum atomic E-state index is -0.431. The third kappa shape index (κ3) is 3.57. The number of hydrogen-bond donors (Lipinski definition) is 0. The van der Waals surface area contributed by atoms with E-state index in [0.717, 1.165) is 5.56 Å². The van der Waals surface area contributed by atoms with Gasteiger partial charge in [0.25, 0.3) is 5.69 Å². The molecule has 88 valence electrons. The molecule has 0 aromatic heterocycles. The van der Waals surface area contributed by atoms with E-state index in [1.165, 1.54) is 12.1 Å². The molecule has 6 heteroatoms. The predicted octanol–water partition coefficient (Wildman–Crippen LogP) is 1.93. The molecule has 0 atom stereocenters. The van der Waals surface area contributed by atoms with Crippen LogP contribution in [-0.4, -0.2) is 22.7 Å². The highest BCUT2D eigenvalue weighted by Gasteiger charge is 2.08. The van der Waals surface area contributed by atoms with Crippen LogP contribution in [0.4, 0.5) is 5.69 Å². The predicted molar refractivity (Wildman–Crippen MR) is 63.3 cm³/mol. The molecule has 1 rings (SSSR count). The first-order valence-corrected chi connectivity index (χ1v) is 4.92. The lowest BCUT2D eigenvalue weighted by atomic mass is 10.2. The van der Waals surface area contributed by atoms with Gasteiger partial charge in [-0.25, -0.2) is 0 Å². The van der Waals surface area contributed by atoms with E-state index in [1.54, 1.807) is 37.2 Å². The lowest BCUT2D eigenvalue weighted by molar-refractivity contribution is -0.384. The van der Waals surface area contributed by atoms with Crippen molar-refractivity contribution in [2.45, 2.75) is 13.5 Å². The maximum absolute atomic E-state index is 10.6. The van der Waals surface area contributed by atoms with E-state index >= 15 is 0 Å². The highest BCUT2D eigenvalue weighted by Crippen LogP contribution is 2.14. The average molecular weight is 232 g/mol. The van der Waals surface area contributed by atoms with Crippen molar-refractivity contribution in [3.63, 3.8) is 0 Å². The van der Waals surface area contributed by atoms with Crippen molar-refractivity contribution in [3.8, 4) is 6.19 Å². The monoisotopic (exact) mass is 232 g/mol. The Hall–Kier alpha value is -2.42. The van der Waals surface area contributed by atoms with Crippen LogP contribution in [0.2, 0.25) is 0 Å². The third-order valence-electron chi connectivity index (χ3n) is 2.31. The summed E-state index contributed by atoms with van der Waals surface area (Å²) in [6.45, 7) is 2.18. The van der Waals surface area contributed by atoms with Gasteiger partial charge in [0.05, 0.1) is 4.92 Å². The number of nitrogens with zero attached hydrogens (tertiary/aromatic N) is 4. The largest absolute Gasteiger partial charge is 0.358 e. The Morgan fingerprint density at radius 2 is 2.35 bits per heavy atom. The molecule has 0 aliphatic heterocycles. The van der Waals surface area contributed by atoms with Crippen LogP contribution < -0.4 is 0 Å². The normalized spacial score (nSPS) is 10.8. The molecule has 1 aromatic carbocycles. The molecule has 1 aromatic rings. The van der Waals surface area contributed by atoms with Gasteiger partial charge in [-0.1, -0.05) is 12.1 Å². The fourth-order valence-corrected chi connectivity index (χ4v) is 1.31. The molecule has 0 spiro atoms. The maximum Gasteiger partial charge on any atom is 0.269 e. The van der Waals surface area contributed by atoms with Crippen LogP contribution in [0.15, 0.2) is 29.3 Å². The number of nitro groups is 1. The Bertz CT molecular complexity index is 490. The van der Waals surface area contributed by atoms with Crippen molar-refractivity contribution in [2.24, 2.45) is 4.99 Å². The van der Waals surface area contributed by atoms with Crippen molar-refractivity contribution in [1.82, 2.24) is 4.90 Å². The minimum Gasteiger partial charge on any atom is -0.358 e. The second-order valence-electron chi connectivity index (χ2n) is 3.54. The van der Waals surface area contributed by atoms with Gasteiger partial charge < -0.3 is 4.90 Å². The van der Waals surface area contributed by atoms with E-state index in [1.807, 2.05) is 0 Å². The molecule has 0 radical (unpaired) electrons. The summed E-state index contributed by atoms with van der Waals surface area (Å²) >= 11 is 0. The number of hydrogen-bond acceptors (Lipinski definition) is 4. The molecule has 0 bridgehead atoms. The molecule has 0 aliphatic rings. The summed E-state index contributed by atoms with van der Waals surface area (Å²) in [6.07, 6.45) is 1.70. The van der Waals surface area contributed by atoms with Gasteiger partial charge in [-0.3, -0.25) is 10.1 Å². The van der Waals surface area contributed by atoms with Gasteiger partial charge in [-0.15, -0.1) is 0 Å². The summed E-state index contributed by atoms with van der Waals surface area (Å²) < 4.78 is 0. The highest BCUT2D eigenvalue weighted by atomic mass is 16.6. The second kappa shape index (κ2) is 5.61. The van der Waals surface area contributed by atoms with Gasteiger partial charge in [0.2, 0.25) is 6.19 Å². The average Bonchev–Trinajstić information content (AvgIpc) is 2.29. The van der Waals surface area contributed by atoms with Gasteiger partial charge in [0, 0.05) is 25.7 Å². The molecule has 0 aliphatic carbocycles. The van der Waals surface area contributed by atoms with E-state index in [9.17, 15) is 10.1 Å². The summed E-state index contributed by atoms with van der Waals surface area (Å²) in [6, 6.07) is 6.39. The fraction of sp³-hybridized carbons (Fsp3) is 0.273. The van der Waals surface area contributed by atoms with E-state index in [4.69, 9.17) is 5.26 Å². The first-order chi connectivity index (χ1) is 8.04. The molecular weight excluding hydrogens is 220 g/mol. The van der Waals surface area contributed by atoms with Crippen molar-refractivity contribution in [3.05, 3.63) is 39.9 Å². The number of nitro benzene ring substituents is 1. The maximum atomic E-state index is 10.6. The molecule has 0 amide bonds. The molecule has 0 saturated carbocycles. The van der Waals surface area contributed by atoms with Crippen molar-refractivity contribution in [2.75, 3.05) is 7.05 Å². The van der Waals surface area contributed by atoms with E-state index in [2.05, 4.69) is 4.99 Å². The summed E-state index contributed by atoms with van der Waals surface area (Å²) in [7, 11) is 1.77. The summed E-state index contributed by atoms with van der Waals surface area (Å²) in [5.74, 6) is 0.569. The van der Waals surface area contributed by atoms with Gasteiger partial charge >= 0.3 is 0 Å². The van der Waals surface area contributed by atoms with Crippen molar-refractivity contribution >= 4 is 11.5 Å². The molecular formula is C11H12N4O2. The van der Waals surface area contributed by atoms with Crippen LogP contribution in [-0.2, 0) is 6.54 Å². The number of nitriles is 1. The molecule has 0 heterocycles. The first-order valence-electron chi connectivity index (χ1n) is 4.92. The van der Waals surface area contributed by atoms with Gasteiger partial charge in [0.1, 0.15) is 5.84 Å². The van der Waals surface area contributed by atoms with Crippen LogP contribution in [0.25, 0.3) is 0 Å². The van der Waals surface area contributed by atoms with Gasteiger partial charge in [0.15, 0.2) is 0 Å². The number of rotatable bonds is 3. The topological polar surface area (TPSA) is 82.5 Å². The van der Waals surface area contributed by atoms with E-state index in [0.29, 0.717) is 12.4 Å². The van der Waals surface area contributed by atoms with Gasteiger partial charge in [-0.05, 0) is 12.5 Å². The zero-order valence-corrected chi connectivity index (χ0v) is 9.62. The molecule has 0 unspecified atom stereocenters. The quantitative estimate of drug-likeness (QED) is 0.262. The standard InChI is InChI=1S/C11H12N4O2/c1-9(13-8-12)14(2)7-10-4-3-5-11(6-10)15(16)17/h3-6H,7H2,1-2H3. The Kier molecular flexibility index (Phi) is 4.17. The number of amidine groups is 1. The van der Waals surface area contributed by atoms with Crippen LogP contribution in [0.3, 0.4) is 0 Å². The number of benzene rings is 1. The van der Waals surface area contributed by atoms with Gasteiger partial charge in [-0.2, -0.15) is 10.3 Å². The second-order valence-corrected chi connectivity index (χ2v) is 3.54. The Morgan fingerprint density at radius 1 is 1.65 bits per heavy atom. The summed E-state index contributed by atoms with van der Waals surface area (Å²) in [5.41, 5.74) is 0.861. The molecule has 17 heavy (non-hydrogen) atoms. The Morgan fingerprint density at radius 3 is 2.94 bits per heavy atom.